The number of pyridine rings is 1. The van der Waals surface area contributed by atoms with E-state index < -0.39 is 0 Å². The van der Waals surface area contributed by atoms with Gasteiger partial charge in [0.1, 0.15) is 5.82 Å². The van der Waals surface area contributed by atoms with Crippen molar-refractivity contribution in [3.8, 4) is 0 Å². The molecular weight excluding hydrogens is 200 g/mol. The Kier molecular flexibility index (Phi) is 2.26. The largest absolute Gasteiger partial charge is 0.391 e. The maximum Gasteiger partial charge on any atom is 0.136 e. The minimum atomic E-state index is -0.208. The third-order valence-corrected chi connectivity index (χ3v) is 3.12. The molecule has 3 heteroatoms. The van der Waals surface area contributed by atoms with Gasteiger partial charge in [0.05, 0.1) is 6.10 Å². The molecule has 0 radical (unpaired) electrons. The molecule has 1 aliphatic heterocycles. The second kappa shape index (κ2) is 3.76. The normalized spacial score (nSPS) is 20.6. The molecule has 2 heterocycles. The van der Waals surface area contributed by atoms with Crippen molar-refractivity contribution >= 4 is 16.6 Å². The molecular formula is C13H14N2O. The quantitative estimate of drug-likeness (QED) is 0.786. The SMILES string of the molecule is O[C@H]1CCN(c2nccc3ccccc23)C1. The number of fused-ring (bicyclic) bond motifs is 1. The predicted molar refractivity (Wildman–Crippen MR) is 64.6 cm³/mol. The first kappa shape index (κ1) is 9.60. The van der Waals surface area contributed by atoms with Crippen LogP contribution in [-0.4, -0.2) is 29.3 Å². The van der Waals surface area contributed by atoms with Gasteiger partial charge in [0.15, 0.2) is 0 Å². The summed E-state index contributed by atoms with van der Waals surface area (Å²) >= 11 is 0. The highest BCUT2D eigenvalue weighted by Crippen LogP contribution is 2.26. The van der Waals surface area contributed by atoms with Crippen molar-refractivity contribution in [2.75, 3.05) is 18.0 Å². The maximum absolute atomic E-state index is 9.56. The van der Waals surface area contributed by atoms with E-state index >= 15 is 0 Å². The molecule has 0 aliphatic carbocycles. The number of aromatic nitrogens is 1. The number of hydrogen-bond acceptors (Lipinski definition) is 3. The minimum Gasteiger partial charge on any atom is -0.391 e. The van der Waals surface area contributed by atoms with E-state index in [0.29, 0.717) is 6.54 Å². The second-order valence-electron chi connectivity index (χ2n) is 4.24. The van der Waals surface area contributed by atoms with Gasteiger partial charge in [-0.3, -0.25) is 0 Å². The lowest BCUT2D eigenvalue weighted by Gasteiger charge is -2.18. The van der Waals surface area contributed by atoms with Crippen LogP contribution in [0.2, 0.25) is 0 Å². The van der Waals surface area contributed by atoms with Crippen LogP contribution in [0.3, 0.4) is 0 Å². The Bertz CT molecular complexity index is 507. The van der Waals surface area contributed by atoms with Gasteiger partial charge in [0, 0.05) is 24.7 Å². The van der Waals surface area contributed by atoms with Crippen LogP contribution < -0.4 is 4.90 Å². The first-order valence-corrected chi connectivity index (χ1v) is 5.61. The summed E-state index contributed by atoms with van der Waals surface area (Å²) in [6, 6.07) is 10.3. The molecule has 0 spiro atoms. The number of anilines is 1. The van der Waals surface area contributed by atoms with Gasteiger partial charge in [0.2, 0.25) is 0 Å². The molecule has 3 rings (SSSR count). The van der Waals surface area contributed by atoms with E-state index in [-0.39, 0.29) is 6.10 Å². The van der Waals surface area contributed by atoms with Crippen LogP contribution in [0, 0.1) is 0 Å². The number of aliphatic hydroxyl groups is 1. The van der Waals surface area contributed by atoms with Crippen molar-refractivity contribution in [3.05, 3.63) is 36.5 Å². The molecule has 1 aliphatic rings. The summed E-state index contributed by atoms with van der Waals surface area (Å²) in [4.78, 5) is 6.60. The molecule has 82 valence electrons. The Hall–Kier alpha value is -1.61. The molecule has 1 fully saturated rings. The van der Waals surface area contributed by atoms with Crippen LogP contribution in [0.4, 0.5) is 5.82 Å². The molecule has 3 nitrogen and oxygen atoms in total. The Morgan fingerprint density at radius 2 is 2.12 bits per heavy atom. The summed E-state index contributed by atoms with van der Waals surface area (Å²) in [5.41, 5.74) is 0. The average molecular weight is 214 g/mol. The zero-order chi connectivity index (χ0) is 11.0. The zero-order valence-electron chi connectivity index (χ0n) is 9.00. The van der Waals surface area contributed by atoms with Gasteiger partial charge in [-0.2, -0.15) is 0 Å². The Morgan fingerprint density at radius 1 is 1.25 bits per heavy atom. The summed E-state index contributed by atoms with van der Waals surface area (Å²) in [5.74, 6) is 0.995. The molecule has 1 saturated heterocycles. The molecule has 0 unspecified atom stereocenters. The molecule has 1 N–H and O–H groups in total. The van der Waals surface area contributed by atoms with Gasteiger partial charge < -0.3 is 10.0 Å². The van der Waals surface area contributed by atoms with Gasteiger partial charge in [-0.05, 0) is 17.9 Å². The summed E-state index contributed by atoms with van der Waals surface area (Å²) in [7, 11) is 0. The predicted octanol–water partition coefficient (Wildman–Crippen LogP) is 1.81. The third kappa shape index (κ3) is 1.53. The number of β-amino-alcohol motifs (C(OH)–C–C–N with tert-alkyl or cyclic N) is 1. The molecule has 0 saturated carbocycles. The highest BCUT2D eigenvalue weighted by atomic mass is 16.3. The first-order chi connectivity index (χ1) is 7.84. The van der Waals surface area contributed by atoms with Crippen molar-refractivity contribution in [2.24, 2.45) is 0 Å². The van der Waals surface area contributed by atoms with Crippen LogP contribution in [0.5, 0.6) is 0 Å². The molecule has 0 amide bonds. The first-order valence-electron chi connectivity index (χ1n) is 5.61. The molecule has 0 bridgehead atoms. The highest BCUT2D eigenvalue weighted by Gasteiger charge is 2.22. The summed E-state index contributed by atoms with van der Waals surface area (Å²) in [6.07, 6.45) is 2.47. The topological polar surface area (TPSA) is 36.4 Å². The molecule has 2 aromatic rings. The van der Waals surface area contributed by atoms with Gasteiger partial charge in [0.25, 0.3) is 0 Å². The summed E-state index contributed by atoms with van der Waals surface area (Å²) in [6.45, 7) is 1.59. The van der Waals surface area contributed by atoms with Crippen LogP contribution in [0.1, 0.15) is 6.42 Å². The molecule has 1 aromatic heterocycles. The van der Waals surface area contributed by atoms with E-state index in [1.807, 2.05) is 24.4 Å². The molecule has 16 heavy (non-hydrogen) atoms. The minimum absolute atomic E-state index is 0.208. The Balaban J connectivity index is 2.09. The highest BCUT2D eigenvalue weighted by molar-refractivity contribution is 5.92. The fourth-order valence-electron chi connectivity index (χ4n) is 2.29. The fourth-order valence-corrected chi connectivity index (χ4v) is 2.29. The Morgan fingerprint density at radius 3 is 2.94 bits per heavy atom. The standard InChI is InChI=1S/C13H14N2O/c16-11-6-8-15(9-11)13-12-4-2-1-3-10(12)5-7-14-13/h1-5,7,11,16H,6,8-9H2/t11-/m0/s1. The lowest BCUT2D eigenvalue weighted by Crippen LogP contribution is -2.22. The number of benzene rings is 1. The van der Waals surface area contributed by atoms with E-state index in [4.69, 9.17) is 0 Å². The number of rotatable bonds is 1. The lowest BCUT2D eigenvalue weighted by atomic mass is 10.1. The van der Waals surface area contributed by atoms with Crippen LogP contribution >= 0.6 is 0 Å². The smallest absolute Gasteiger partial charge is 0.136 e. The van der Waals surface area contributed by atoms with E-state index in [0.717, 1.165) is 18.8 Å². The zero-order valence-corrected chi connectivity index (χ0v) is 9.00. The van der Waals surface area contributed by atoms with Crippen molar-refractivity contribution in [1.29, 1.82) is 0 Å². The van der Waals surface area contributed by atoms with Crippen molar-refractivity contribution < 1.29 is 5.11 Å². The Labute approximate surface area is 94.3 Å². The summed E-state index contributed by atoms with van der Waals surface area (Å²) in [5, 5.41) is 11.9. The maximum atomic E-state index is 9.56. The molecule has 1 aromatic carbocycles. The van der Waals surface area contributed by atoms with E-state index in [1.54, 1.807) is 0 Å². The van der Waals surface area contributed by atoms with Gasteiger partial charge >= 0.3 is 0 Å². The van der Waals surface area contributed by atoms with Crippen LogP contribution in [0.15, 0.2) is 36.5 Å². The number of hydrogen-bond donors (Lipinski definition) is 1. The van der Waals surface area contributed by atoms with Gasteiger partial charge in [-0.25, -0.2) is 4.98 Å². The lowest BCUT2D eigenvalue weighted by molar-refractivity contribution is 0.198. The van der Waals surface area contributed by atoms with E-state index in [9.17, 15) is 5.11 Å². The van der Waals surface area contributed by atoms with E-state index in [2.05, 4.69) is 22.0 Å². The fraction of sp³-hybridized carbons (Fsp3) is 0.308. The molecule has 1 atom stereocenters. The second-order valence-corrected chi connectivity index (χ2v) is 4.24. The summed E-state index contributed by atoms with van der Waals surface area (Å²) < 4.78 is 0. The monoisotopic (exact) mass is 214 g/mol. The third-order valence-electron chi connectivity index (χ3n) is 3.12. The van der Waals surface area contributed by atoms with Gasteiger partial charge in [-0.1, -0.05) is 24.3 Å². The van der Waals surface area contributed by atoms with Crippen molar-refractivity contribution in [2.45, 2.75) is 12.5 Å². The van der Waals surface area contributed by atoms with Gasteiger partial charge in [-0.15, -0.1) is 0 Å². The average Bonchev–Trinajstić information content (AvgIpc) is 2.75. The van der Waals surface area contributed by atoms with Crippen molar-refractivity contribution in [1.82, 2.24) is 4.98 Å². The van der Waals surface area contributed by atoms with Crippen molar-refractivity contribution in [3.63, 3.8) is 0 Å². The number of nitrogens with zero attached hydrogens (tertiary/aromatic N) is 2. The van der Waals surface area contributed by atoms with E-state index in [1.165, 1.54) is 10.8 Å². The number of aliphatic hydroxyl groups excluding tert-OH is 1. The van der Waals surface area contributed by atoms with Crippen LogP contribution in [-0.2, 0) is 0 Å². The van der Waals surface area contributed by atoms with Crippen LogP contribution in [0.25, 0.3) is 10.8 Å².